The fourth-order valence-electron chi connectivity index (χ4n) is 2.37. The summed E-state index contributed by atoms with van der Waals surface area (Å²) in [5.74, 6) is 0.933. The van der Waals surface area contributed by atoms with E-state index in [1.807, 2.05) is 6.07 Å². The number of hydrogen-bond donors (Lipinski definition) is 1. The van der Waals surface area contributed by atoms with Crippen LogP contribution in [0.4, 0.5) is 0 Å². The van der Waals surface area contributed by atoms with E-state index in [-0.39, 0.29) is 5.91 Å². The number of ether oxygens (including phenoxy) is 1. The molecule has 0 aliphatic rings. The van der Waals surface area contributed by atoms with E-state index in [0.717, 1.165) is 31.6 Å². The highest BCUT2D eigenvalue weighted by Crippen LogP contribution is 2.25. The Labute approximate surface area is 119 Å². The third kappa shape index (κ3) is 3.73. The molecule has 0 aliphatic heterocycles. The topological polar surface area (TPSA) is 38.3 Å². The quantitative estimate of drug-likeness (QED) is 0.819. The van der Waals surface area contributed by atoms with Crippen molar-refractivity contribution in [3.63, 3.8) is 0 Å². The van der Waals surface area contributed by atoms with Gasteiger partial charge in [0.05, 0.1) is 7.11 Å². The zero-order valence-electron chi connectivity index (χ0n) is 12.1. The predicted octanol–water partition coefficient (Wildman–Crippen LogP) is 3.31. The van der Waals surface area contributed by atoms with Gasteiger partial charge in [-0.05, 0) is 47.7 Å². The van der Waals surface area contributed by atoms with E-state index >= 15 is 0 Å². The number of fused-ring (bicyclic) bond motifs is 1. The van der Waals surface area contributed by atoms with Crippen LogP contribution in [0, 0.1) is 0 Å². The largest absolute Gasteiger partial charge is 0.497 e. The number of carbonyl (C=O) groups is 1. The summed E-state index contributed by atoms with van der Waals surface area (Å²) >= 11 is 0. The first-order valence-electron chi connectivity index (χ1n) is 7.01. The number of aryl methyl sites for hydroxylation is 1. The minimum Gasteiger partial charge on any atom is -0.497 e. The zero-order valence-corrected chi connectivity index (χ0v) is 12.1. The van der Waals surface area contributed by atoms with Crippen LogP contribution in [0.2, 0.25) is 0 Å². The summed E-state index contributed by atoms with van der Waals surface area (Å²) < 4.78 is 5.30. The fraction of sp³-hybridized carbons (Fsp3) is 0.353. The summed E-state index contributed by atoms with van der Waals surface area (Å²) in [6.07, 6.45) is 3.08. The Hall–Kier alpha value is -2.03. The molecule has 106 valence electrons. The Bertz CT molecular complexity index is 593. The van der Waals surface area contributed by atoms with Crippen molar-refractivity contribution in [3.8, 4) is 5.75 Å². The van der Waals surface area contributed by atoms with Gasteiger partial charge in [-0.15, -0.1) is 0 Å². The second-order valence-corrected chi connectivity index (χ2v) is 4.94. The minimum absolute atomic E-state index is 0.0416. The summed E-state index contributed by atoms with van der Waals surface area (Å²) in [4.78, 5) is 10.8. The lowest BCUT2D eigenvalue weighted by Crippen LogP contribution is -2.20. The van der Waals surface area contributed by atoms with E-state index in [9.17, 15) is 4.79 Å². The van der Waals surface area contributed by atoms with Crippen LogP contribution in [-0.2, 0) is 11.2 Å². The average molecular weight is 271 g/mol. The van der Waals surface area contributed by atoms with Gasteiger partial charge in [0.2, 0.25) is 5.91 Å². The van der Waals surface area contributed by atoms with Crippen molar-refractivity contribution in [1.29, 1.82) is 0 Å². The number of unbranched alkanes of at least 4 members (excludes halogenated alkanes) is 1. The maximum absolute atomic E-state index is 10.8. The van der Waals surface area contributed by atoms with Gasteiger partial charge in [0.1, 0.15) is 5.75 Å². The van der Waals surface area contributed by atoms with E-state index in [0.29, 0.717) is 0 Å². The van der Waals surface area contributed by atoms with E-state index in [4.69, 9.17) is 4.74 Å². The Kier molecular flexibility index (Phi) is 4.99. The number of rotatable bonds is 6. The molecule has 2 rings (SSSR count). The van der Waals surface area contributed by atoms with Crippen LogP contribution in [0.15, 0.2) is 36.4 Å². The van der Waals surface area contributed by atoms with E-state index in [1.165, 1.54) is 16.3 Å². The molecule has 0 saturated carbocycles. The van der Waals surface area contributed by atoms with Gasteiger partial charge in [-0.25, -0.2) is 0 Å². The molecular weight excluding hydrogens is 250 g/mol. The van der Waals surface area contributed by atoms with Crippen molar-refractivity contribution in [2.75, 3.05) is 13.7 Å². The number of benzene rings is 2. The maximum atomic E-state index is 10.8. The van der Waals surface area contributed by atoms with Crippen molar-refractivity contribution >= 4 is 16.7 Å². The van der Waals surface area contributed by atoms with Crippen LogP contribution in [0.1, 0.15) is 25.3 Å². The van der Waals surface area contributed by atoms with E-state index in [1.54, 1.807) is 14.0 Å². The van der Waals surface area contributed by atoms with Gasteiger partial charge < -0.3 is 10.1 Å². The summed E-state index contributed by atoms with van der Waals surface area (Å²) in [5, 5.41) is 5.33. The first-order chi connectivity index (χ1) is 9.70. The first kappa shape index (κ1) is 14.4. The monoisotopic (exact) mass is 271 g/mol. The van der Waals surface area contributed by atoms with Crippen LogP contribution >= 0.6 is 0 Å². The number of methoxy groups -OCH3 is 1. The standard InChI is InChI=1S/C17H21NO2/c1-13(19)18-11-4-3-6-14-7-5-8-15-9-10-16(20-2)12-17(14)15/h5,7-10,12H,3-4,6,11H2,1-2H3,(H,18,19). The van der Waals surface area contributed by atoms with Gasteiger partial charge in [0.15, 0.2) is 0 Å². The molecular formula is C17H21NO2. The van der Waals surface area contributed by atoms with E-state index < -0.39 is 0 Å². The third-order valence-electron chi connectivity index (χ3n) is 3.43. The van der Waals surface area contributed by atoms with Gasteiger partial charge in [0.25, 0.3) is 0 Å². The van der Waals surface area contributed by atoms with Gasteiger partial charge in [-0.3, -0.25) is 4.79 Å². The fourth-order valence-corrected chi connectivity index (χ4v) is 2.37. The summed E-state index contributed by atoms with van der Waals surface area (Å²) in [7, 11) is 1.69. The average Bonchev–Trinajstić information content (AvgIpc) is 2.46. The number of amides is 1. The molecule has 0 atom stereocenters. The van der Waals surface area contributed by atoms with Crippen molar-refractivity contribution in [2.24, 2.45) is 0 Å². The Morgan fingerprint density at radius 3 is 2.80 bits per heavy atom. The Morgan fingerprint density at radius 2 is 2.05 bits per heavy atom. The lowest BCUT2D eigenvalue weighted by atomic mass is 10.00. The minimum atomic E-state index is 0.0416. The molecule has 0 saturated heterocycles. The molecule has 1 N–H and O–H groups in total. The first-order valence-corrected chi connectivity index (χ1v) is 7.01. The normalized spacial score (nSPS) is 10.5. The van der Waals surface area contributed by atoms with E-state index in [2.05, 4.69) is 35.6 Å². The van der Waals surface area contributed by atoms with Crippen LogP contribution in [0.3, 0.4) is 0 Å². The molecule has 0 unspecified atom stereocenters. The summed E-state index contributed by atoms with van der Waals surface area (Å²) in [6, 6.07) is 12.6. The molecule has 3 nitrogen and oxygen atoms in total. The van der Waals surface area contributed by atoms with Crippen molar-refractivity contribution in [3.05, 3.63) is 42.0 Å². The van der Waals surface area contributed by atoms with Crippen LogP contribution in [0.5, 0.6) is 5.75 Å². The molecule has 2 aromatic carbocycles. The predicted molar refractivity (Wildman–Crippen MR) is 82.1 cm³/mol. The van der Waals surface area contributed by atoms with Crippen molar-refractivity contribution < 1.29 is 9.53 Å². The Balaban J connectivity index is 2.03. The van der Waals surface area contributed by atoms with Gasteiger partial charge in [-0.1, -0.05) is 24.3 Å². The third-order valence-corrected chi connectivity index (χ3v) is 3.43. The van der Waals surface area contributed by atoms with Crippen molar-refractivity contribution in [2.45, 2.75) is 26.2 Å². The summed E-state index contributed by atoms with van der Waals surface area (Å²) in [5.41, 5.74) is 1.34. The molecule has 0 spiro atoms. The lowest BCUT2D eigenvalue weighted by Gasteiger charge is -2.08. The van der Waals surface area contributed by atoms with Crippen molar-refractivity contribution in [1.82, 2.24) is 5.32 Å². The van der Waals surface area contributed by atoms with Crippen LogP contribution < -0.4 is 10.1 Å². The van der Waals surface area contributed by atoms with Gasteiger partial charge in [0, 0.05) is 13.5 Å². The SMILES string of the molecule is COc1ccc2cccc(CCCCNC(C)=O)c2c1. The number of hydrogen-bond acceptors (Lipinski definition) is 2. The molecule has 0 fully saturated rings. The lowest BCUT2D eigenvalue weighted by molar-refractivity contribution is -0.118. The molecule has 2 aromatic rings. The zero-order chi connectivity index (χ0) is 14.4. The second kappa shape index (κ2) is 6.94. The Morgan fingerprint density at radius 1 is 1.20 bits per heavy atom. The molecule has 0 aromatic heterocycles. The summed E-state index contributed by atoms with van der Waals surface area (Å²) in [6.45, 7) is 2.31. The number of nitrogens with one attached hydrogen (secondary N) is 1. The highest BCUT2D eigenvalue weighted by Gasteiger charge is 2.03. The highest BCUT2D eigenvalue weighted by atomic mass is 16.5. The van der Waals surface area contributed by atoms with Gasteiger partial charge >= 0.3 is 0 Å². The molecule has 0 heterocycles. The van der Waals surface area contributed by atoms with Crippen LogP contribution in [0.25, 0.3) is 10.8 Å². The number of carbonyl (C=O) groups excluding carboxylic acids is 1. The highest BCUT2D eigenvalue weighted by molar-refractivity contribution is 5.87. The molecule has 0 bridgehead atoms. The second-order valence-electron chi connectivity index (χ2n) is 4.94. The smallest absolute Gasteiger partial charge is 0.216 e. The molecule has 1 amide bonds. The maximum Gasteiger partial charge on any atom is 0.216 e. The van der Waals surface area contributed by atoms with Gasteiger partial charge in [-0.2, -0.15) is 0 Å². The molecule has 0 aliphatic carbocycles. The molecule has 0 radical (unpaired) electrons. The molecule has 3 heteroatoms. The molecule has 20 heavy (non-hydrogen) atoms. The van der Waals surface area contributed by atoms with Crippen LogP contribution in [-0.4, -0.2) is 19.6 Å².